The molecule has 0 amide bonds. The van der Waals surface area contributed by atoms with Gasteiger partial charge in [0.1, 0.15) is 0 Å². The maximum absolute atomic E-state index is 2.76. The SMILES string of the molecule is CCC1CN2CCCC2CN1CCc1cccs1. The maximum atomic E-state index is 2.76. The van der Waals surface area contributed by atoms with Crippen molar-refractivity contribution in [3.63, 3.8) is 0 Å². The molecule has 2 fully saturated rings. The second-order valence-corrected chi connectivity index (χ2v) is 6.71. The summed E-state index contributed by atoms with van der Waals surface area (Å²) in [6.07, 6.45) is 5.38. The van der Waals surface area contributed by atoms with Crippen molar-refractivity contribution in [3.8, 4) is 0 Å². The van der Waals surface area contributed by atoms with Crippen LogP contribution in [0.3, 0.4) is 0 Å². The van der Waals surface area contributed by atoms with Crippen LogP contribution in [-0.2, 0) is 6.42 Å². The van der Waals surface area contributed by atoms with Gasteiger partial charge in [0.2, 0.25) is 0 Å². The van der Waals surface area contributed by atoms with Crippen LogP contribution >= 0.6 is 11.3 Å². The van der Waals surface area contributed by atoms with Crippen molar-refractivity contribution in [2.45, 2.75) is 44.7 Å². The van der Waals surface area contributed by atoms with Gasteiger partial charge in [-0.2, -0.15) is 0 Å². The molecule has 0 saturated carbocycles. The molecule has 3 heterocycles. The summed E-state index contributed by atoms with van der Waals surface area (Å²) in [5, 5.41) is 2.20. The predicted molar refractivity (Wildman–Crippen MR) is 78.3 cm³/mol. The summed E-state index contributed by atoms with van der Waals surface area (Å²) in [7, 11) is 0. The molecule has 0 aromatic carbocycles. The summed E-state index contributed by atoms with van der Waals surface area (Å²) in [5.41, 5.74) is 0. The van der Waals surface area contributed by atoms with Gasteiger partial charge in [-0.1, -0.05) is 13.0 Å². The summed E-state index contributed by atoms with van der Waals surface area (Å²) in [6.45, 7) is 7.57. The van der Waals surface area contributed by atoms with E-state index in [1.54, 1.807) is 4.88 Å². The zero-order chi connectivity index (χ0) is 12.4. The highest BCUT2D eigenvalue weighted by Gasteiger charge is 2.34. The van der Waals surface area contributed by atoms with E-state index in [4.69, 9.17) is 0 Å². The fraction of sp³-hybridized carbons (Fsp3) is 0.733. The molecule has 0 aliphatic carbocycles. The van der Waals surface area contributed by atoms with E-state index in [2.05, 4.69) is 34.2 Å². The molecule has 2 unspecified atom stereocenters. The molecular weight excluding hydrogens is 240 g/mol. The summed E-state index contributed by atoms with van der Waals surface area (Å²) in [6, 6.07) is 6.10. The Morgan fingerprint density at radius 2 is 2.33 bits per heavy atom. The number of thiophene rings is 1. The molecule has 100 valence electrons. The van der Waals surface area contributed by atoms with E-state index in [9.17, 15) is 0 Å². The van der Waals surface area contributed by atoms with Crippen LogP contribution in [0.5, 0.6) is 0 Å². The lowest BCUT2D eigenvalue weighted by Crippen LogP contribution is -2.56. The first-order valence-electron chi connectivity index (χ1n) is 7.37. The third-order valence-electron chi connectivity index (χ3n) is 4.60. The number of fused-ring (bicyclic) bond motifs is 1. The van der Waals surface area contributed by atoms with Crippen molar-refractivity contribution < 1.29 is 0 Å². The molecule has 3 heteroatoms. The lowest BCUT2D eigenvalue weighted by Gasteiger charge is -2.43. The van der Waals surface area contributed by atoms with E-state index in [-0.39, 0.29) is 0 Å². The molecule has 2 atom stereocenters. The monoisotopic (exact) mass is 264 g/mol. The average Bonchev–Trinajstić information content (AvgIpc) is 3.05. The molecule has 1 aromatic heterocycles. The van der Waals surface area contributed by atoms with Crippen molar-refractivity contribution in [3.05, 3.63) is 22.4 Å². The van der Waals surface area contributed by atoms with Crippen LogP contribution in [0.1, 0.15) is 31.1 Å². The zero-order valence-electron chi connectivity index (χ0n) is 11.3. The molecule has 0 spiro atoms. The third kappa shape index (κ3) is 2.63. The minimum absolute atomic E-state index is 0.791. The Morgan fingerprint density at radius 3 is 3.11 bits per heavy atom. The Morgan fingerprint density at radius 1 is 1.39 bits per heavy atom. The lowest BCUT2D eigenvalue weighted by atomic mass is 10.0. The van der Waals surface area contributed by atoms with Crippen LogP contribution < -0.4 is 0 Å². The van der Waals surface area contributed by atoms with E-state index >= 15 is 0 Å². The summed E-state index contributed by atoms with van der Waals surface area (Å²) in [4.78, 5) is 7.03. The van der Waals surface area contributed by atoms with Crippen molar-refractivity contribution in [1.29, 1.82) is 0 Å². The van der Waals surface area contributed by atoms with Crippen LogP contribution in [0.2, 0.25) is 0 Å². The number of hydrogen-bond donors (Lipinski definition) is 0. The van der Waals surface area contributed by atoms with E-state index < -0.39 is 0 Å². The molecule has 1 aromatic rings. The molecule has 0 radical (unpaired) electrons. The van der Waals surface area contributed by atoms with Crippen LogP contribution in [0.15, 0.2) is 17.5 Å². The Balaban J connectivity index is 1.59. The minimum Gasteiger partial charge on any atom is -0.298 e. The Hall–Kier alpha value is -0.380. The lowest BCUT2D eigenvalue weighted by molar-refractivity contribution is 0.0503. The second kappa shape index (κ2) is 5.72. The Bertz CT molecular complexity index is 363. The fourth-order valence-corrected chi connectivity index (χ4v) is 4.22. The predicted octanol–water partition coefficient (Wildman–Crippen LogP) is 2.85. The molecule has 0 bridgehead atoms. The van der Waals surface area contributed by atoms with Crippen LogP contribution in [0.4, 0.5) is 0 Å². The maximum Gasteiger partial charge on any atom is 0.0224 e. The Labute approximate surface area is 115 Å². The van der Waals surface area contributed by atoms with Gasteiger partial charge in [0, 0.05) is 36.6 Å². The number of hydrogen-bond acceptors (Lipinski definition) is 3. The van der Waals surface area contributed by atoms with Gasteiger partial charge in [-0.25, -0.2) is 0 Å². The highest BCUT2D eigenvalue weighted by molar-refractivity contribution is 7.09. The van der Waals surface area contributed by atoms with Gasteiger partial charge in [-0.05, 0) is 43.7 Å². The van der Waals surface area contributed by atoms with Gasteiger partial charge in [0.25, 0.3) is 0 Å². The van der Waals surface area contributed by atoms with Crippen molar-refractivity contribution in [1.82, 2.24) is 9.80 Å². The molecular formula is C15H24N2S. The second-order valence-electron chi connectivity index (χ2n) is 5.68. The first-order valence-corrected chi connectivity index (χ1v) is 8.25. The van der Waals surface area contributed by atoms with E-state index in [0.29, 0.717) is 0 Å². The topological polar surface area (TPSA) is 6.48 Å². The molecule has 2 aliphatic heterocycles. The molecule has 3 rings (SSSR count). The quantitative estimate of drug-likeness (QED) is 0.825. The highest BCUT2D eigenvalue weighted by Crippen LogP contribution is 2.26. The van der Waals surface area contributed by atoms with Crippen LogP contribution in [0, 0.1) is 0 Å². The van der Waals surface area contributed by atoms with E-state index in [1.807, 2.05) is 11.3 Å². The van der Waals surface area contributed by atoms with Gasteiger partial charge >= 0.3 is 0 Å². The molecule has 18 heavy (non-hydrogen) atoms. The molecule has 2 nitrogen and oxygen atoms in total. The van der Waals surface area contributed by atoms with Crippen molar-refractivity contribution >= 4 is 11.3 Å². The normalized spacial score (nSPS) is 29.6. The van der Waals surface area contributed by atoms with Crippen molar-refractivity contribution in [2.24, 2.45) is 0 Å². The zero-order valence-corrected chi connectivity index (χ0v) is 12.2. The average molecular weight is 264 g/mol. The van der Waals surface area contributed by atoms with E-state index in [0.717, 1.165) is 12.1 Å². The first-order chi connectivity index (χ1) is 8.86. The van der Waals surface area contributed by atoms with E-state index in [1.165, 1.54) is 51.9 Å². The number of piperazine rings is 1. The molecule has 2 saturated heterocycles. The first kappa shape index (κ1) is 12.6. The minimum atomic E-state index is 0.791. The highest BCUT2D eigenvalue weighted by atomic mass is 32.1. The summed E-state index contributed by atoms with van der Waals surface area (Å²) < 4.78 is 0. The van der Waals surface area contributed by atoms with Gasteiger partial charge in [0.15, 0.2) is 0 Å². The van der Waals surface area contributed by atoms with Crippen molar-refractivity contribution in [2.75, 3.05) is 26.2 Å². The number of nitrogens with zero attached hydrogens (tertiary/aromatic N) is 2. The van der Waals surface area contributed by atoms with Crippen LogP contribution in [0.25, 0.3) is 0 Å². The fourth-order valence-electron chi connectivity index (χ4n) is 3.52. The summed E-state index contributed by atoms with van der Waals surface area (Å²) in [5.74, 6) is 0. The molecule has 2 aliphatic rings. The van der Waals surface area contributed by atoms with Gasteiger partial charge < -0.3 is 0 Å². The van der Waals surface area contributed by atoms with Gasteiger partial charge in [-0.3, -0.25) is 9.80 Å². The standard InChI is InChI=1S/C15H24N2S/c1-2-13-11-16-8-3-5-14(16)12-17(13)9-7-15-6-4-10-18-15/h4,6,10,13-14H,2-3,5,7-9,11-12H2,1H3. The summed E-state index contributed by atoms with van der Waals surface area (Å²) >= 11 is 1.90. The third-order valence-corrected chi connectivity index (χ3v) is 5.54. The number of rotatable bonds is 4. The molecule has 0 N–H and O–H groups in total. The Kier molecular flexibility index (Phi) is 4.02. The van der Waals surface area contributed by atoms with Gasteiger partial charge in [0.05, 0.1) is 0 Å². The largest absolute Gasteiger partial charge is 0.298 e. The smallest absolute Gasteiger partial charge is 0.0224 e. The van der Waals surface area contributed by atoms with Crippen LogP contribution in [-0.4, -0.2) is 48.1 Å². The van der Waals surface area contributed by atoms with Gasteiger partial charge in [-0.15, -0.1) is 11.3 Å².